The summed E-state index contributed by atoms with van der Waals surface area (Å²) in [5.74, 6) is 1.43. The zero-order valence-electron chi connectivity index (χ0n) is 28.4. The van der Waals surface area contributed by atoms with Crippen LogP contribution in [0.5, 0.6) is 0 Å². The minimum absolute atomic E-state index is 0.109. The van der Waals surface area contributed by atoms with Crippen LogP contribution >= 0.6 is 0 Å². The van der Waals surface area contributed by atoms with Crippen LogP contribution in [0.1, 0.15) is 64.1 Å². The topological polar surface area (TPSA) is 154 Å². The maximum Gasteiger partial charge on any atom is 0.410 e. The lowest BCUT2D eigenvalue weighted by Gasteiger charge is -2.27. The van der Waals surface area contributed by atoms with Gasteiger partial charge in [-0.25, -0.2) is 19.6 Å². The average Bonchev–Trinajstić information content (AvgIpc) is 3.85. The van der Waals surface area contributed by atoms with Crippen LogP contribution in [0.15, 0.2) is 60.8 Å². The van der Waals surface area contributed by atoms with Gasteiger partial charge in [0.15, 0.2) is 0 Å². The maximum absolute atomic E-state index is 12.9. The summed E-state index contributed by atoms with van der Waals surface area (Å²) in [6, 6.07) is 19.0. The van der Waals surface area contributed by atoms with Crippen molar-refractivity contribution < 1.29 is 23.9 Å². The lowest BCUT2D eigenvalue weighted by molar-refractivity contribution is -0.120. The van der Waals surface area contributed by atoms with Gasteiger partial charge in [0.2, 0.25) is 5.91 Å². The van der Waals surface area contributed by atoms with Crippen molar-refractivity contribution in [3.8, 4) is 22.4 Å². The smallest absolute Gasteiger partial charge is 0.410 e. The van der Waals surface area contributed by atoms with E-state index in [2.05, 4.69) is 78.9 Å². The Morgan fingerprint density at radius 1 is 0.939 bits per heavy atom. The first-order valence-electron chi connectivity index (χ1n) is 16.7. The molecule has 49 heavy (non-hydrogen) atoms. The highest BCUT2D eigenvalue weighted by Gasteiger charge is 2.35. The van der Waals surface area contributed by atoms with Crippen molar-refractivity contribution in [3.05, 3.63) is 72.4 Å². The van der Waals surface area contributed by atoms with Crippen molar-refractivity contribution in [3.63, 3.8) is 0 Å². The van der Waals surface area contributed by atoms with Crippen LogP contribution < -0.4 is 10.6 Å². The quantitative estimate of drug-likeness (QED) is 0.122. The monoisotopic (exact) mass is 665 g/mol. The summed E-state index contributed by atoms with van der Waals surface area (Å²) in [7, 11) is 1.25. The fraction of sp³-hybridized carbons (Fsp3) is 0.378. The summed E-state index contributed by atoms with van der Waals surface area (Å²) in [5.41, 5.74) is 5.46. The van der Waals surface area contributed by atoms with E-state index in [1.807, 2.05) is 33.0 Å². The molecular formula is C37H43N7O5. The number of hydrogen-bond donors (Lipinski definition) is 4. The molecule has 1 atom stereocenters. The van der Waals surface area contributed by atoms with E-state index in [4.69, 9.17) is 9.72 Å². The van der Waals surface area contributed by atoms with Crippen molar-refractivity contribution in [2.45, 2.75) is 64.5 Å². The number of nitrogens with one attached hydrogen (secondary N) is 4. The minimum atomic E-state index is -0.631. The molecule has 0 saturated carbocycles. The van der Waals surface area contributed by atoms with Crippen LogP contribution in [0.3, 0.4) is 0 Å². The molecular weight excluding hydrogens is 622 g/mol. The Kier molecular flexibility index (Phi) is 9.84. The van der Waals surface area contributed by atoms with E-state index in [-0.39, 0.29) is 24.6 Å². The number of imidazole rings is 2. The molecule has 6 rings (SSSR count). The second-order valence-corrected chi connectivity index (χ2v) is 13.4. The standard InChI is InChI=1S/C37H43N7O5/c1-37(2,3)49-36(47)44-17-7-8-31(44)34-42-28-15-14-26(20-29(28)43-34)24-10-11-25-19-27(13-12-23(25)18-24)30-21-39-32(41-30)9-5-6-16-38-33(45)22-40-35(46)48-4/h10-15,18-21,31H,5-9,16-17,22H2,1-4H3,(H,38,45)(H,39,41)(H,40,46)(H,42,43). The Hall–Kier alpha value is -5.39. The Morgan fingerprint density at radius 2 is 1.67 bits per heavy atom. The van der Waals surface area contributed by atoms with Gasteiger partial charge in [0, 0.05) is 25.1 Å². The van der Waals surface area contributed by atoms with Crippen molar-refractivity contribution in [1.29, 1.82) is 0 Å². The molecule has 1 unspecified atom stereocenters. The van der Waals surface area contributed by atoms with Gasteiger partial charge in [0.1, 0.15) is 17.2 Å². The number of amides is 3. The number of carbonyl (C=O) groups excluding carboxylic acids is 3. The van der Waals surface area contributed by atoms with E-state index in [1.165, 1.54) is 7.11 Å². The number of hydrogen-bond acceptors (Lipinski definition) is 7. The van der Waals surface area contributed by atoms with E-state index in [1.54, 1.807) is 4.90 Å². The molecule has 0 bridgehead atoms. The summed E-state index contributed by atoms with van der Waals surface area (Å²) in [6.45, 7) is 6.72. The van der Waals surface area contributed by atoms with Gasteiger partial charge in [-0.1, -0.05) is 30.3 Å². The third-order valence-corrected chi connectivity index (χ3v) is 8.55. The zero-order chi connectivity index (χ0) is 34.5. The predicted octanol–water partition coefficient (Wildman–Crippen LogP) is 6.64. The SMILES string of the molecule is COC(=O)NCC(=O)NCCCCc1ncc(-c2ccc3cc(-c4ccc5nc(C6CCCN6C(=O)OC(C)(C)C)[nH]c5c4)ccc3c2)[nH]1. The summed E-state index contributed by atoms with van der Waals surface area (Å²) in [6.07, 6.45) is 5.10. The molecule has 0 radical (unpaired) electrons. The molecule has 0 aliphatic carbocycles. The molecule has 12 heteroatoms. The number of aromatic amines is 2. The molecule has 1 aliphatic heterocycles. The van der Waals surface area contributed by atoms with Crippen molar-refractivity contribution >= 4 is 39.9 Å². The van der Waals surface area contributed by atoms with E-state index < -0.39 is 11.7 Å². The Morgan fingerprint density at radius 3 is 2.45 bits per heavy atom. The number of carbonyl (C=O) groups is 3. The van der Waals surface area contributed by atoms with Gasteiger partial charge in [0.25, 0.3) is 0 Å². The number of fused-ring (bicyclic) bond motifs is 2. The molecule has 5 aromatic rings. The lowest BCUT2D eigenvalue weighted by atomic mass is 9.99. The lowest BCUT2D eigenvalue weighted by Crippen LogP contribution is -2.37. The molecule has 3 aromatic carbocycles. The van der Waals surface area contributed by atoms with E-state index in [0.29, 0.717) is 13.1 Å². The number of ether oxygens (including phenoxy) is 2. The molecule has 1 saturated heterocycles. The van der Waals surface area contributed by atoms with Gasteiger partial charge >= 0.3 is 12.2 Å². The first kappa shape index (κ1) is 33.5. The first-order chi connectivity index (χ1) is 23.6. The highest BCUT2D eigenvalue weighted by Crippen LogP contribution is 2.34. The minimum Gasteiger partial charge on any atom is -0.453 e. The number of alkyl carbamates (subject to hydrolysis) is 1. The third-order valence-electron chi connectivity index (χ3n) is 8.55. The summed E-state index contributed by atoms with van der Waals surface area (Å²) < 4.78 is 10.1. The molecule has 3 heterocycles. The van der Waals surface area contributed by atoms with Gasteiger partial charge in [-0.2, -0.15) is 0 Å². The molecule has 4 N–H and O–H groups in total. The van der Waals surface area contributed by atoms with Crippen LogP contribution in [0, 0.1) is 0 Å². The molecule has 1 aliphatic rings. The first-order valence-corrected chi connectivity index (χ1v) is 16.7. The van der Waals surface area contributed by atoms with Crippen molar-refractivity contribution in [2.75, 3.05) is 26.7 Å². The maximum atomic E-state index is 12.9. The second-order valence-electron chi connectivity index (χ2n) is 13.4. The van der Waals surface area contributed by atoms with Gasteiger partial charge in [-0.3, -0.25) is 9.69 Å². The van der Waals surface area contributed by atoms with Gasteiger partial charge in [-0.05, 0) is 92.6 Å². The largest absolute Gasteiger partial charge is 0.453 e. The van der Waals surface area contributed by atoms with E-state index in [0.717, 1.165) is 87.9 Å². The number of benzene rings is 3. The predicted molar refractivity (Wildman–Crippen MR) is 188 cm³/mol. The molecule has 0 spiro atoms. The van der Waals surface area contributed by atoms with Crippen LogP contribution in [0.4, 0.5) is 9.59 Å². The van der Waals surface area contributed by atoms with Crippen molar-refractivity contribution in [1.82, 2.24) is 35.5 Å². The molecule has 3 amide bonds. The van der Waals surface area contributed by atoms with E-state index in [9.17, 15) is 14.4 Å². The van der Waals surface area contributed by atoms with Gasteiger partial charge in [0.05, 0.1) is 42.6 Å². The average molecular weight is 666 g/mol. The molecule has 256 valence electrons. The normalized spacial score (nSPS) is 14.7. The summed E-state index contributed by atoms with van der Waals surface area (Å²) >= 11 is 0. The van der Waals surface area contributed by atoms with Gasteiger partial charge in [-0.15, -0.1) is 0 Å². The highest BCUT2D eigenvalue weighted by molar-refractivity contribution is 5.92. The third kappa shape index (κ3) is 8.19. The Bertz CT molecular complexity index is 1970. The zero-order valence-corrected chi connectivity index (χ0v) is 28.4. The van der Waals surface area contributed by atoms with Crippen LogP contribution in [0.2, 0.25) is 0 Å². The van der Waals surface area contributed by atoms with E-state index >= 15 is 0 Å². The number of unbranched alkanes of at least 4 members (excludes halogenated alkanes) is 1. The summed E-state index contributed by atoms with van der Waals surface area (Å²) in [4.78, 5) is 53.8. The number of aryl methyl sites for hydroxylation is 1. The number of H-pyrrole nitrogens is 2. The Labute approximate surface area is 285 Å². The number of methoxy groups -OCH3 is 1. The highest BCUT2D eigenvalue weighted by atomic mass is 16.6. The second kappa shape index (κ2) is 14.4. The summed E-state index contributed by atoms with van der Waals surface area (Å²) in [5, 5.41) is 7.40. The number of aromatic nitrogens is 4. The van der Waals surface area contributed by atoms with Crippen molar-refractivity contribution in [2.24, 2.45) is 0 Å². The van der Waals surface area contributed by atoms with Crippen LogP contribution in [0.25, 0.3) is 44.2 Å². The van der Waals surface area contributed by atoms with Crippen LogP contribution in [-0.2, 0) is 20.7 Å². The number of rotatable bonds is 10. The van der Waals surface area contributed by atoms with Gasteiger partial charge < -0.3 is 30.1 Å². The Balaban J connectivity index is 1.07. The number of nitrogens with zero attached hydrogens (tertiary/aromatic N) is 3. The number of likely N-dealkylation sites (tertiary alicyclic amines) is 1. The molecule has 1 fully saturated rings. The fourth-order valence-corrected chi connectivity index (χ4v) is 6.12. The fourth-order valence-electron chi connectivity index (χ4n) is 6.12. The van der Waals surface area contributed by atoms with Crippen LogP contribution in [-0.4, -0.2) is 75.3 Å². The molecule has 12 nitrogen and oxygen atoms in total. The molecule has 2 aromatic heterocycles.